The fourth-order valence-corrected chi connectivity index (χ4v) is 7.86. The highest BCUT2D eigenvalue weighted by atomic mass is 32.2. The number of thioether (sulfide) groups is 1. The Balaban J connectivity index is 1.41. The molecule has 2 atom stereocenters. The van der Waals surface area contributed by atoms with Crippen LogP contribution in [-0.2, 0) is 24.0 Å². The highest BCUT2D eigenvalue weighted by molar-refractivity contribution is 8.00. The lowest BCUT2D eigenvalue weighted by atomic mass is 9.69. The molecule has 0 spiro atoms. The van der Waals surface area contributed by atoms with Crippen LogP contribution >= 0.6 is 23.3 Å². The number of quaternary nitrogens is 1. The number of carboxylic acids is 1. The molecule has 14 nitrogen and oxygen atoms in total. The van der Waals surface area contributed by atoms with E-state index in [9.17, 15) is 24.3 Å². The van der Waals surface area contributed by atoms with E-state index >= 15 is 0 Å². The number of β-lactam (4-membered cyclic amide) rings is 1. The number of hydrogen-bond acceptors (Lipinski definition) is 11. The molecule has 16 heteroatoms. The van der Waals surface area contributed by atoms with Crippen LogP contribution in [0.5, 0.6) is 0 Å². The Morgan fingerprint density at radius 1 is 1.27 bits per heavy atom. The van der Waals surface area contributed by atoms with Crippen molar-refractivity contribution in [2.24, 2.45) is 16.3 Å². The van der Waals surface area contributed by atoms with E-state index < -0.39 is 34.1 Å². The van der Waals surface area contributed by atoms with Crippen molar-refractivity contribution in [1.82, 2.24) is 19.6 Å². The maximum atomic E-state index is 13.5. The Bertz CT molecular complexity index is 1250. The van der Waals surface area contributed by atoms with Crippen LogP contribution in [0.3, 0.4) is 0 Å². The molecule has 6 heterocycles. The number of aromatic nitrogens is 2. The predicted octanol–water partition coefficient (Wildman–Crippen LogP) is -0.957. The van der Waals surface area contributed by atoms with E-state index in [2.05, 4.69) is 19.8 Å². The third-order valence-corrected chi connectivity index (χ3v) is 10.0. The molecule has 0 radical (unpaired) electrons. The molecular weight excluding hydrogens is 524 g/mol. The fourth-order valence-electron chi connectivity index (χ4n) is 5.85. The van der Waals surface area contributed by atoms with Crippen molar-refractivity contribution in [3.05, 3.63) is 17.2 Å². The van der Waals surface area contributed by atoms with Crippen molar-refractivity contribution >= 4 is 57.8 Å². The average Bonchev–Trinajstić information content (AvgIpc) is 3.32. The molecule has 3 amide bonds. The summed E-state index contributed by atoms with van der Waals surface area (Å²) in [5.74, 6) is -2.47. The highest BCUT2D eigenvalue weighted by Crippen LogP contribution is 2.52. The molecule has 6 rings (SSSR count). The summed E-state index contributed by atoms with van der Waals surface area (Å²) in [4.78, 5) is 61.1. The summed E-state index contributed by atoms with van der Waals surface area (Å²) in [6.07, 6.45) is 1.77. The summed E-state index contributed by atoms with van der Waals surface area (Å²) >= 11 is 2.27. The van der Waals surface area contributed by atoms with Crippen molar-refractivity contribution in [3.63, 3.8) is 0 Å². The number of carbonyl (C=O) groups excluding carboxylic acids is 3. The summed E-state index contributed by atoms with van der Waals surface area (Å²) in [5.41, 5.74) is 9.74. The number of nitrogens with one attached hydrogen (secondary N) is 1. The summed E-state index contributed by atoms with van der Waals surface area (Å²) < 4.78 is 4.42. The lowest BCUT2D eigenvalue weighted by molar-refractivity contribution is -0.909. The van der Waals surface area contributed by atoms with Crippen molar-refractivity contribution in [2.75, 3.05) is 38.2 Å². The third kappa shape index (κ3) is 3.68. The lowest BCUT2D eigenvalue weighted by Crippen LogP contribution is -2.79. The maximum absolute atomic E-state index is 13.5. The first-order valence-electron chi connectivity index (χ1n) is 11.6. The number of aliphatic carboxylic acids is 1. The second-order valence-electron chi connectivity index (χ2n) is 9.88. The number of oxime groups is 1. The molecule has 0 aromatic carbocycles. The predicted molar refractivity (Wildman–Crippen MR) is 133 cm³/mol. The van der Waals surface area contributed by atoms with Gasteiger partial charge in [0.25, 0.3) is 11.8 Å². The van der Waals surface area contributed by atoms with E-state index in [1.165, 1.54) is 23.8 Å². The number of carboxylic acid groups (broad SMARTS) is 1. The molecule has 5 aliphatic rings. The quantitative estimate of drug-likeness (QED) is 0.141. The highest BCUT2D eigenvalue weighted by Gasteiger charge is 2.66. The Morgan fingerprint density at radius 2 is 1.92 bits per heavy atom. The number of hydrogen-bond donors (Lipinski definition) is 4. The van der Waals surface area contributed by atoms with Gasteiger partial charge >= 0.3 is 5.97 Å². The van der Waals surface area contributed by atoms with E-state index in [1.807, 2.05) is 0 Å². The maximum Gasteiger partial charge on any atom is 0.358 e. The first-order chi connectivity index (χ1) is 17.5. The largest absolute Gasteiger partial charge is 0.476 e. The molecule has 37 heavy (non-hydrogen) atoms. The third-order valence-electron chi connectivity index (χ3n) is 8.06. The zero-order valence-electron chi connectivity index (χ0n) is 20.2. The Kier molecular flexibility index (Phi) is 5.95. The van der Waals surface area contributed by atoms with Gasteiger partial charge in [0.15, 0.2) is 16.5 Å². The van der Waals surface area contributed by atoms with Crippen molar-refractivity contribution < 1.29 is 33.6 Å². The van der Waals surface area contributed by atoms with Crippen LogP contribution in [0, 0.1) is 5.41 Å². The van der Waals surface area contributed by atoms with Crippen LogP contribution in [0.4, 0.5) is 5.13 Å². The summed E-state index contributed by atoms with van der Waals surface area (Å²) in [6.45, 7) is 3.33. The second-order valence-corrected chi connectivity index (χ2v) is 11.7. The van der Waals surface area contributed by atoms with Crippen LogP contribution in [0.2, 0.25) is 0 Å². The molecule has 4 saturated heterocycles. The monoisotopic (exact) mass is 551 g/mol. The van der Waals surface area contributed by atoms with E-state index in [0.29, 0.717) is 54.8 Å². The second kappa shape index (κ2) is 8.66. The number of amides is 3. The van der Waals surface area contributed by atoms with Crippen LogP contribution in [0.25, 0.3) is 0 Å². The van der Waals surface area contributed by atoms with E-state index in [1.54, 1.807) is 6.92 Å². The molecule has 1 aromatic heterocycles. The zero-order chi connectivity index (χ0) is 26.8. The van der Waals surface area contributed by atoms with Gasteiger partial charge in [0.2, 0.25) is 17.4 Å². The minimum atomic E-state index is -1.39. The van der Waals surface area contributed by atoms with Gasteiger partial charge in [0.05, 0.1) is 30.8 Å². The van der Waals surface area contributed by atoms with Crippen molar-refractivity contribution in [2.45, 2.75) is 37.1 Å². The summed E-state index contributed by atoms with van der Waals surface area (Å²) in [7, 11) is 1.26. The van der Waals surface area contributed by atoms with Crippen molar-refractivity contribution in [1.29, 1.82) is 0 Å². The smallest absolute Gasteiger partial charge is 0.358 e. The molecule has 0 aliphatic carbocycles. The van der Waals surface area contributed by atoms with Gasteiger partial charge in [-0.15, -0.1) is 11.8 Å². The van der Waals surface area contributed by atoms with E-state index in [0.717, 1.165) is 11.5 Å². The number of carbonyl (C=O) groups is 4. The van der Waals surface area contributed by atoms with Gasteiger partial charge < -0.3 is 26.7 Å². The molecule has 6 N–H and O–H groups in total. The Morgan fingerprint density at radius 3 is 2.43 bits per heavy atom. The topological polar surface area (TPSA) is 203 Å². The minimum Gasteiger partial charge on any atom is -0.476 e. The number of rotatable bonds is 7. The van der Waals surface area contributed by atoms with Crippen LogP contribution < -0.4 is 16.8 Å². The molecule has 0 saturated carbocycles. The van der Waals surface area contributed by atoms with Gasteiger partial charge in [0, 0.05) is 30.8 Å². The van der Waals surface area contributed by atoms with E-state index in [4.69, 9.17) is 16.3 Å². The molecule has 1 aromatic rings. The first kappa shape index (κ1) is 25.4. The van der Waals surface area contributed by atoms with Crippen LogP contribution in [0.15, 0.2) is 16.5 Å². The van der Waals surface area contributed by atoms with Crippen molar-refractivity contribution in [3.8, 4) is 0 Å². The minimum absolute atomic E-state index is 0.0446. The molecule has 0 unspecified atom stereocenters. The van der Waals surface area contributed by atoms with Gasteiger partial charge in [0.1, 0.15) is 18.0 Å². The van der Waals surface area contributed by atoms with E-state index in [-0.39, 0.29) is 28.3 Å². The average molecular weight is 552 g/mol. The van der Waals surface area contributed by atoms with Gasteiger partial charge in [-0.05, 0) is 6.92 Å². The van der Waals surface area contributed by atoms with Gasteiger partial charge in [-0.3, -0.25) is 23.8 Å². The van der Waals surface area contributed by atoms with Gasteiger partial charge in [-0.1, -0.05) is 5.16 Å². The molecule has 4 fully saturated rings. The number of nitrogens with two attached hydrogens (primary N) is 2. The standard InChI is InChI=1S/C21H26N8O6S2/c1-20(25-14(30)11(26-35-2)13-24-19(23)37-27-13)17(34)28-12(15(31)32)10(9-36-18(20)28)29-6-3-21(4-7-29,5-8-29)16(22)33/h18H,3-9H2,1-2H3,(H5-,22,23,24,25,27,30,31,32,33)/p+1/b26-11-/t18-,20+,21?,29?/m0/s1. The number of primary amides is 1. The number of nitrogen functional groups attached to an aromatic ring is 1. The lowest BCUT2D eigenvalue weighted by Gasteiger charge is -2.59. The van der Waals surface area contributed by atoms with Crippen LogP contribution in [0.1, 0.15) is 32.0 Å². The zero-order valence-corrected chi connectivity index (χ0v) is 21.9. The molecule has 5 aliphatic heterocycles. The molecule has 2 bridgehead atoms. The fraction of sp³-hybridized carbons (Fsp3) is 0.571. The summed E-state index contributed by atoms with van der Waals surface area (Å²) in [5, 5.41) is 16.1. The SMILES string of the molecule is CO/N=C(\C(=O)N[C@]1(C)C(=O)N2C(C(=O)O)=C([N+]34CCC(C(N)=O)(CC3)CC4)CS[C@H]21)c1nsc(N)n1. The number of anilines is 1. The first-order valence-corrected chi connectivity index (χ1v) is 13.4. The Hall–Kier alpha value is -3.24. The van der Waals surface area contributed by atoms with Gasteiger partial charge in [-0.25, -0.2) is 4.79 Å². The number of nitrogens with zero attached hydrogens (tertiary/aromatic N) is 5. The molecular formula is C21H27N8O6S2+. The van der Waals surface area contributed by atoms with Crippen LogP contribution in [-0.4, -0.2) is 96.7 Å². The Labute approximate surface area is 219 Å². The van der Waals surface area contributed by atoms with Gasteiger partial charge in [-0.2, -0.15) is 9.36 Å². The summed E-state index contributed by atoms with van der Waals surface area (Å²) in [6, 6.07) is 0. The normalized spacial score (nSPS) is 33.0. The number of fused-ring (bicyclic) bond motifs is 4. The number of piperidine rings is 3. The molecule has 198 valence electrons.